The number of aliphatic imine (C=N–C) groups is 1. The Morgan fingerprint density at radius 1 is 0.953 bits per heavy atom. The third-order valence-electron chi connectivity index (χ3n) is 5.91. The van der Waals surface area contributed by atoms with Crippen LogP contribution in [-0.4, -0.2) is 71.4 Å². The summed E-state index contributed by atoms with van der Waals surface area (Å²) in [5, 5.41) is 2.46. The number of esters is 4. The van der Waals surface area contributed by atoms with Gasteiger partial charge in [-0.15, -0.1) is 11.3 Å². The molecule has 12 nitrogen and oxygen atoms in total. The molecule has 3 heterocycles. The predicted molar refractivity (Wildman–Crippen MR) is 158 cm³/mol. The molecular formula is C28H27ClN2O10S2. The molecule has 1 saturated heterocycles. The Labute approximate surface area is 259 Å². The van der Waals surface area contributed by atoms with Crippen LogP contribution in [0.2, 0.25) is 5.02 Å². The van der Waals surface area contributed by atoms with E-state index >= 15 is 0 Å². The van der Waals surface area contributed by atoms with Crippen LogP contribution in [-0.2, 0) is 47.7 Å². The summed E-state index contributed by atoms with van der Waals surface area (Å²) in [6, 6.07) is 10.2. The van der Waals surface area contributed by atoms with Crippen molar-refractivity contribution in [1.82, 2.24) is 0 Å². The highest BCUT2D eigenvalue weighted by Gasteiger charge is 2.53. The quantitative estimate of drug-likeness (QED) is 0.232. The molecule has 5 atom stereocenters. The molecule has 15 heteroatoms. The highest BCUT2D eigenvalue weighted by Crippen LogP contribution is 2.39. The highest BCUT2D eigenvalue weighted by molar-refractivity contribution is 8.14. The summed E-state index contributed by atoms with van der Waals surface area (Å²) >= 11 is 8.41. The number of carbonyl (C=O) groups excluding carboxylic acids is 5. The van der Waals surface area contributed by atoms with E-state index in [1.54, 1.807) is 30.3 Å². The summed E-state index contributed by atoms with van der Waals surface area (Å²) in [5.41, 5.74) is -0.602. The van der Waals surface area contributed by atoms with Crippen molar-refractivity contribution in [1.29, 1.82) is 0 Å². The number of anilines is 1. The number of halogens is 1. The monoisotopic (exact) mass is 650 g/mol. The first-order chi connectivity index (χ1) is 20.4. The van der Waals surface area contributed by atoms with Gasteiger partial charge in [-0.3, -0.25) is 28.9 Å². The summed E-state index contributed by atoms with van der Waals surface area (Å²) < 4.78 is 27.8. The smallest absolute Gasteiger partial charge is 0.303 e. The second-order valence-electron chi connectivity index (χ2n) is 9.24. The van der Waals surface area contributed by atoms with Gasteiger partial charge in [-0.25, -0.2) is 4.99 Å². The second-order valence-corrected chi connectivity index (χ2v) is 11.7. The van der Waals surface area contributed by atoms with Crippen molar-refractivity contribution >= 4 is 81.4 Å². The molecule has 1 amide bonds. The number of carbonyl (C=O) groups is 5. The van der Waals surface area contributed by atoms with Gasteiger partial charge in [-0.05, 0) is 41.8 Å². The summed E-state index contributed by atoms with van der Waals surface area (Å²) in [7, 11) is 0. The molecule has 1 fully saturated rings. The number of rotatable bonds is 8. The summed E-state index contributed by atoms with van der Waals surface area (Å²) in [6.45, 7) is 4.23. The molecule has 1 aromatic heterocycles. The number of hydrogen-bond acceptors (Lipinski definition) is 13. The van der Waals surface area contributed by atoms with Crippen molar-refractivity contribution in [3.8, 4) is 0 Å². The fourth-order valence-corrected chi connectivity index (χ4v) is 6.26. The highest BCUT2D eigenvalue weighted by atomic mass is 35.5. The first-order valence-electron chi connectivity index (χ1n) is 12.8. The lowest BCUT2D eigenvalue weighted by atomic mass is 9.99. The van der Waals surface area contributed by atoms with E-state index < -0.39 is 59.6 Å². The third kappa shape index (κ3) is 8.22. The average Bonchev–Trinajstić information content (AvgIpc) is 3.54. The lowest BCUT2D eigenvalue weighted by molar-refractivity contribution is -0.237. The van der Waals surface area contributed by atoms with Crippen LogP contribution in [0.3, 0.4) is 0 Å². The zero-order chi connectivity index (χ0) is 31.3. The van der Waals surface area contributed by atoms with Crippen molar-refractivity contribution in [3.05, 3.63) is 57.4 Å². The minimum absolute atomic E-state index is 0.130. The van der Waals surface area contributed by atoms with Crippen molar-refractivity contribution in [3.63, 3.8) is 0 Å². The number of nitrogens with zero attached hydrogens (tertiary/aromatic N) is 2. The zero-order valence-corrected chi connectivity index (χ0v) is 25.8. The molecule has 228 valence electrons. The maximum atomic E-state index is 13.6. The van der Waals surface area contributed by atoms with Gasteiger partial charge in [0.2, 0.25) is 0 Å². The average molecular weight is 651 g/mol. The lowest BCUT2D eigenvalue weighted by Gasteiger charge is -2.44. The lowest BCUT2D eigenvalue weighted by Crippen LogP contribution is -2.61. The zero-order valence-electron chi connectivity index (χ0n) is 23.4. The molecule has 0 unspecified atom stereocenters. The molecule has 4 rings (SSSR count). The van der Waals surface area contributed by atoms with Gasteiger partial charge in [0.1, 0.15) is 18.4 Å². The molecule has 43 heavy (non-hydrogen) atoms. The second kappa shape index (κ2) is 14.2. The molecule has 0 spiro atoms. The number of thiophene rings is 1. The first-order valence-corrected chi connectivity index (χ1v) is 15.0. The minimum Gasteiger partial charge on any atom is -0.463 e. The number of benzene rings is 1. The number of amides is 1. The van der Waals surface area contributed by atoms with Gasteiger partial charge in [0.05, 0.1) is 5.69 Å². The standard InChI is InChI=1S/C28H27ClN2O10S2/c1-14(32)37-13-22-23(38-15(2)33)24(39-16(3)34)25(40-17(4)35)27(41-22)43-28-30-21(12-20-6-5-11-42-20)26(36)31(28)19-9-7-18(29)8-10-19/h5-12,22-25,27H,13H2,1-4H3/b21-12+/t22-,23+,24+,25+,27+/m0/s1. The van der Waals surface area contributed by atoms with Gasteiger partial charge in [0.15, 0.2) is 28.9 Å². The van der Waals surface area contributed by atoms with Gasteiger partial charge in [0.25, 0.3) is 5.91 Å². The largest absolute Gasteiger partial charge is 0.463 e. The van der Waals surface area contributed by atoms with Crippen LogP contribution in [0.5, 0.6) is 0 Å². The van der Waals surface area contributed by atoms with E-state index in [9.17, 15) is 24.0 Å². The molecule has 0 N–H and O–H groups in total. The maximum Gasteiger partial charge on any atom is 0.303 e. The van der Waals surface area contributed by atoms with Gasteiger partial charge >= 0.3 is 23.9 Å². The van der Waals surface area contributed by atoms with Crippen LogP contribution in [0.1, 0.15) is 32.6 Å². The number of thioether (sulfide) groups is 1. The topological polar surface area (TPSA) is 147 Å². The van der Waals surface area contributed by atoms with Crippen molar-refractivity contribution in [2.45, 2.75) is 57.5 Å². The fraction of sp³-hybridized carbons (Fsp3) is 0.357. The molecule has 1 aromatic carbocycles. The van der Waals surface area contributed by atoms with Crippen molar-refractivity contribution in [2.75, 3.05) is 11.5 Å². The van der Waals surface area contributed by atoms with E-state index in [4.69, 9.17) is 35.3 Å². The maximum absolute atomic E-state index is 13.6. The van der Waals surface area contributed by atoms with Crippen LogP contribution in [0.25, 0.3) is 6.08 Å². The Bertz CT molecular complexity index is 1440. The predicted octanol–water partition coefficient (Wildman–Crippen LogP) is 3.96. The van der Waals surface area contributed by atoms with Crippen LogP contribution >= 0.6 is 34.7 Å². The van der Waals surface area contributed by atoms with Crippen LogP contribution < -0.4 is 4.90 Å². The SMILES string of the molecule is CC(=O)OC[C@@H]1O[C@H](SC2=N/C(=C/c3cccs3)C(=O)N2c2ccc(Cl)cc2)[C@H](OC(C)=O)[C@H](OC(C)=O)[C@@H]1OC(C)=O. The van der Waals surface area contributed by atoms with E-state index in [0.717, 1.165) is 37.4 Å². The molecule has 0 radical (unpaired) electrons. The fourth-order valence-electron chi connectivity index (χ4n) is 4.29. The summed E-state index contributed by atoms with van der Waals surface area (Å²) in [4.78, 5) is 68.4. The molecule has 0 bridgehead atoms. The van der Waals surface area contributed by atoms with Crippen LogP contribution in [0, 0.1) is 0 Å². The molecular weight excluding hydrogens is 624 g/mol. The summed E-state index contributed by atoms with van der Waals surface area (Å²) in [5.74, 6) is -3.32. The van der Waals surface area contributed by atoms with E-state index in [1.165, 1.54) is 23.2 Å². The van der Waals surface area contributed by atoms with E-state index in [-0.39, 0.29) is 17.5 Å². The Hall–Kier alpha value is -3.72. The van der Waals surface area contributed by atoms with Gasteiger partial charge in [0, 0.05) is 37.6 Å². The number of amidine groups is 1. The Balaban J connectivity index is 1.78. The van der Waals surface area contributed by atoms with E-state index in [2.05, 4.69) is 4.99 Å². The Kier molecular flexibility index (Phi) is 10.6. The molecule has 2 aromatic rings. The first kappa shape index (κ1) is 32.2. The van der Waals surface area contributed by atoms with Gasteiger partial charge in [-0.1, -0.05) is 29.4 Å². The number of hydrogen-bond donors (Lipinski definition) is 0. The van der Waals surface area contributed by atoms with Gasteiger partial charge in [-0.2, -0.15) is 0 Å². The minimum atomic E-state index is -1.36. The van der Waals surface area contributed by atoms with Crippen molar-refractivity contribution < 1.29 is 47.7 Å². The molecule has 2 aliphatic heterocycles. The van der Waals surface area contributed by atoms with E-state index in [0.29, 0.717) is 10.7 Å². The Morgan fingerprint density at radius 2 is 1.58 bits per heavy atom. The Morgan fingerprint density at radius 3 is 2.16 bits per heavy atom. The van der Waals surface area contributed by atoms with Crippen LogP contribution in [0.4, 0.5) is 5.69 Å². The third-order valence-corrected chi connectivity index (χ3v) is 8.07. The molecule has 0 saturated carbocycles. The molecule has 0 aliphatic carbocycles. The van der Waals surface area contributed by atoms with E-state index in [1.807, 2.05) is 17.5 Å². The summed E-state index contributed by atoms with van der Waals surface area (Å²) in [6.07, 6.45) is -3.52. The molecule has 2 aliphatic rings. The number of ether oxygens (including phenoxy) is 5. The normalized spacial score (nSPS) is 24.3. The van der Waals surface area contributed by atoms with Gasteiger partial charge < -0.3 is 23.7 Å². The van der Waals surface area contributed by atoms with Crippen LogP contribution in [0.15, 0.2) is 52.5 Å². The van der Waals surface area contributed by atoms with Crippen molar-refractivity contribution in [2.24, 2.45) is 4.99 Å².